The molecule has 0 saturated heterocycles. The van der Waals surface area contributed by atoms with Crippen molar-refractivity contribution in [3.8, 4) is 5.75 Å². The van der Waals surface area contributed by atoms with Crippen molar-refractivity contribution < 1.29 is 14.3 Å². The van der Waals surface area contributed by atoms with Gasteiger partial charge in [-0.05, 0) is 55.5 Å². The SMILES string of the molecule is CCOc1cccc(N(C(=O)Cc2cccs2)[C@@H](C(=O)NC2CCCCC2)c2cccn2C)c1. The topological polar surface area (TPSA) is 63.6 Å². The first-order chi connectivity index (χ1) is 16.6. The largest absolute Gasteiger partial charge is 0.494 e. The van der Waals surface area contributed by atoms with Gasteiger partial charge in [0.25, 0.3) is 0 Å². The second kappa shape index (κ2) is 11.4. The van der Waals surface area contributed by atoms with Crippen LogP contribution in [-0.2, 0) is 23.1 Å². The van der Waals surface area contributed by atoms with Crippen molar-refractivity contribution in [1.82, 2.24) is 9.88 Å². The number of nitrogens with one attached hydrogen (secondary N) is 1. The summed E-state index contributed by atoms with van der Waals surface area (Å²) in [6.07, 6.45) is 7.56. The van der Waals surface area contributed by atoms with E-state index in [-0.39, 0.29) is 24.3 Å². The van der Waals surface area contributed by atoms with Crippen LogP contribution < -0.4 is 15.0 Å². The average Bonchev–Trinajstić information content (AvgIpc) is 3.50. The van der Waals surface area contributed by atoms with Crippen LogP contribution in [0.25, 0.3) is 0 Å². The molecule has 0 aliphatic heterocycles. The molecule has 2 aromatic heterocycles. The third-order valence-electron chi connectivity index (χ3n) is 6.30. The number of carbonyl (C=O) groups excluding carboxylic acids is 2. The van der Waals surface area contributed by atoms with Gasteiger partial charge in [0.2, 0.25) is 11.8 Å². The van der Waals surface area contributed by atoms with Gasteiger partial charge in [-0.1, -0.05) is 31.4 Å². The minimum absolute atomic E-state index is 0.124. The highest BCUT2D eigenvalue weighted by Crippen LogP contribution is 2.32. The molecule has 1 fully saturated rings. The predicted molar refractivity (Wildman–Crippen MR) is 136 cm³/mol. The summed E-state index contributed by atoms with van der Waals surface area (Å²) in [6, 6.07) is 14.5. The van der Waals surface area contributed by atoms with E-state index in [0.29, 0.717) is 18.0 Å². The Hall–Kier alpha value is -3.06. The Morgan fingerprint density at radius 3 is 2.65 bits per heavy atom. The third kappa shape index (κ3) is 5.70. The van der Waals surface area contributed by atoms with Gasteiger partial charge in [-0.15, -0.1) is 11.3 Å². The quantitative estimate of drug-likeness (QED) is 0.456. The normalized spacial score (nSPS) is 15.0. The summed E-state index contributed by atoms with van der Waals surface area (Å²) in [4.78, 5) is 30.3. The van der Waals surface area contributed by atoms with Crippen molar-refractivity contribution in [2.45, 2.75) is 57.5 Å². The standard InChI is InChI=1S/C27H33N3O3S/c1-3-33-22-13-7-12-21(18-22)30(25(31)19-23-14-9-17-34-23)26(24-15-8-16-29(24)2)27(32)28-20-10-5-4-6-11-20/h7-9,12-18,20,26H,3-6,10-11,19H2,1-2H3,(H,28,32)/t26-/m1/s1. The van der Waals surface area contributed by atoms with Gasteiger partial charge in [-0.25, -0.2) is 0 Å². The lowest BCUT2D eigenvalue weighted by Gasteiger charge is -2.33. The second-order valence-corrected chi connectivity index (χ2v) is 9.77. The van der Waals surface area contributed by atoms with E-state index in [2.05, 4.69) is 5.32 Å². The van der Waals surface area contributed by atoms with Crippen LogP contribution in [0.3, 0.4) is 0 Å². The van der Waals surface area contributed by atoms with Gasteiger partial charge in [-0.2, -0.15) is 0 Å². The molecule has 3 aromatic rings. The molecule has 34 heavy (non-hydrogen) atoms. The average molecular weight is 480 g/mol. The number of amides is 2. The highest BCUT2D eigenvalue weighted by Gasteiger charge is 2.35. The molecule has 4 rings (SSSR count). The number of hydrogen-bond acceptors (Lipinski definition) is 4. The lowest BCUT2D eigenvalue weighted by atomic mass is 9.95. The number of carbonyl (C=O) groups is 2. The molecule has 0 unspecified atom stereocenters. The van der Waals surface area contributed by atoms with Crippen molar-refractivity contribution in [1.29, 1.82) is 0 Å². The second-order valence-electron chi connectivity index (χ2n) is 8.74. The van der Waals surface area contributed by atoms with Crippen LogP contribution in [0, 0.1) is 0 Å². The molecule has 1 atom stereocenters. The molecule has 1 aliphatic rings. The smallest absolute Gasteiger partial charge is 0.249 e. The van der Waals surface area contributed by atoms with E-state index in [4.69, 9.17) is 4.74 Å². The van der Waals surface area contributed by atoms with Gasteiger partial charge in [0.05, 0.1) is 18.7 Å². The minimum atomic E-state index is -0.786. The van der Waals surface area contributed by atoms with E-state index in [0.717, 1.165) is 36.3 Å². The van der Waals surface area contributed by atoms with E-state index in [9.17, 15) is 9.59 Å². The van der Waals surface area contributed by atoms with Gasteiger partial charge in [0, 0.05) is 35.9 Å². The molecule has 2 heterocycles. The van der Waals surface area contributed by atoms with Crippen LogP contribution in [-0.4, -0.2) is 29.0 Å². The van der Waals surface area contributed by atoms with Gasteiger partial charge in [0.15, 0.2) is 6.04 Å². The molecule has 6 nitrogen and oxygen atoms in total. The molecule has 0 radical (unpaired) electrons. The maximum absolute atomic E-state index is 13.8. The molecule has 0 spiro atoms. The van der Waals surface area contributed by atoms with Gasteiger partial charge in [0.1, 0.15) is 5.75 Å². The van der Waals surface area contributed by atoms with E-state index in [1.807, 2.05) is 78.6 Å². The molecule has 2 amide bonds. The fourth-order valence-corrected chi connectivity index (χ4v) is 5.34. The summed E-state index contributed by atoms with van der Waals surface area (Å²) in [7, 11) is 1.91. The van der Waals surface area contributed by atoms with Crippen LogP contribution in [0.4, 0.5) is 5.69 Å². The highest BCUT2D eigenvalue weighted by molar-refractivity contribution is 7.10. The van der Waals surface area contributed by atoms with Crippen molar-refractivity contribution in [2.24, 2.45) is 7.05 Å². The van der Waals surface area contributed by atoms with Gasteiger partial charge < -0.3 is 14.6 Å². The minimum Gasteiger partial charge on any atom is -0.494 e. The monoisotopic (exact) mass is 479 g/mol. The Labute approximate surface area is 205 Å². The summed E-state index contributed by atoms with van der Waals surface area (Å²) < 4.78 is 7.64. The number of benzene rings is 1. The maximum atomic E-state index is 13.8. The van der Waals surface area contributed by atoms with Crippen molar-refractivity contribution in [3.63, 3.8) is 0 Å². The molecule has 0 bridgehead atoms. The zero-order chi connectivity index (χ0) is 23.9. The first-order valence-corrected chi connectivity index (χ1v) is 12.9. The summed E-state index contributed by atoms with van der Waals surface area (Å²) >= 11 is 1.55. The number of thiophene rings is 1. The van der Waals surface area contributed by atoms with E-state index < -0.39 is 6.04 Å². The van der Waals surface area contributed by atoms with E-state index >= 15 is 0 Å². The number of hydrogen-bond donors (Lipinski definition) is 1. The lowest BCUT2D eigenvalue weighted by molar-refractivity contribution is -0.127. The maximum Gasteiger partial charge on any atom is 0.249 e. The first-order valence-electron chi connectivity index (χ1n) is 12.1. The molecule has 1 saturated carbocycles. The number of anilines is 1. The summed E-state index contributed by atoms with van der Waals surface area (Å²) in [6.45, 7) is 2.45. The van der Waals surface area contributed by atoms with Gasteiger partial charge in [-0.3, -0.25) is 14.5 Å². The zero-order valence-corrected chi connectivity index (χ0v) is 20.7. The number of ether oxygens (including phenoxy) is 1. The molecule has 1 aliphatic carbocycles. The third-order valence-corrected chi connectivity index (χ3v) is 7.18. The Bertz CT molecular complexity index is 1090. The highest BCUT2D eigenvalue weighted by atomic mass is 32.1. The molecular weight excluding hydrogens is 446 g/mol. The molecular formula is C27H33N3O3S. The van der Waals surface area contributed by atoms with Crippen LogP contribution in [0.1, 0.15) is 55.6 Å². The Balaban J connectivity index is 1.74. The van der Waals surface area contributed by atoms with Crippen LogP contribution in [0.5, 0.6) is 5.75 Å². The summed E-state index contributed by atoms with van der Waals surface area (Å²) in [5.41, 5.74) is 1.42. The molecule has 1 N–H and O–H groups in total. The zero-order valence-electron chi connectivity index (χ0n) is 19.9. The Morgan fingerprint density at radius 1 is 1.15 bits per heavy atom. The number of rotatable bonds is 9. The van der Waals surface area contributed by atoms with Crippen LogP contribution >= 0.6 is 11.3 Å². The molecule has 7 heteroatoms. The molecule has 1 aromatic carbocycles. The van der Waals surface area contributed by atoms with Crippen molar-refractivity contribution >= 4 is 28.8 Å². The van der Waals surface area contributed by atoms with Gasteiger partial charge >= 0.3 is 0 Å². The fraction of sp³-hybridized carbons (Fsp3) is 0.407. The number of aryl methyl sites for hydroxylation is 1. The molecule has 180 valence electrons. The van der Waals surface area contributed by atoms with Crippen LogP contribution in [0.15, 0.2) is 60.1 Å². The van der Waals surface area contributed by atoms with E-state index in [1.54, 1.807) is 16.2 Å². The summed E-state index contributed by atoms with van der Waals surface area (Å²) in [5.74, 6) is 0.406. The predicted octanol–water partition coefficient (Wildman–Crippen LogP) is 5.25. The Morgan fingerprint density at radius 2 is 1.97 bits per heavy atom. The van der Waals surface area contributed by atoms with E-state index in [1.165, 1.54) is 6.42 Å². The first kappa shape index (κ1) is 24.1. The number of nitrogens with zero attached hydrogens (tertiary/aromatic N) is 2. The van der Waals surface area contributed by atoms with Crippen molar-refractivity contribution in [3.05, 3.63) is 70.7 Å². The Kier molecular flexibility index (Phi) is 8.06. The fourth-order valence-electron chi connectivity index (χ4n) is 4.64. The van der Waals surface area contributed by atoms with Crippen molar-refractivity contribution in [2.75, 3.05) is 11.5 Å². The van der Waals surface area contributed by atoms with Crippen LogP contribution in [0.2, 0.25) is 0 Å². The lowest BCUT2D eigenvalue weighted by Crippen LogP contribution is -2.48. The number of aromatic nitrogens is 1. The summed E-state index contributed by atoms with van der Waals surface area (Å²) in [5, 5.41) is 5.23.